The molecule has 0 amide bonds. The quantitative estimate of drug-likeness (QED) is 0.583. The maximum absolute atomic E-state index is 6.52. The van der Waals surface area contributed by atoms with Crippen LogP contribution in [-0.2, 0) is 0 Å². The Morgan fingerprint density at radius 1 is 1.10 bits per heavy atom. The number of hydrogen-bond acceptors (Lipinski definition) is 5. The van der Waals surface area contributed by atoms with Crippen LogP contribution in [0.25, 0.3) is 0 Å². The highest BCUT2D eigenvalue weighted by Crippen LogP contribution is 2.40. The lowest BCUT2D eigenvalue weighted by Crippen LogP contribution is -2.46. The molecule has 0 aliphatic carbocycles. The molecular formula is C22H24Cl2N4OS. The number of methoxy groups -OCH3 is 1. The summed E-state index contributed by atoms with van der Waals surface area (Å²) in [6.45, 7) is 2.00. The van der Waals surface area contributed by atoms with Gasteiger partial charge in [-0.05, 0) is 48.7 Å². The number of hydrazine groups is 1. The number of thiocarbonyl (C=S) groups is 1. The molecule has 0 spiro atoms. The van der Waals surface area contributed by atoms with Crippen LogP contribution in [0.5, 0.6) is 5.75 Å². The van der Waals surface area contributed by atoms with E-state index in [4.69, 9.17) is 45.3 Å². The number of rotatable bonds is 5. The summed E-state index contributed by atoms with van der Waals surface area (Å²) in [5.41, 5.74) is 6.15. The molecule has 1 N–H and O–H groups in total. The van der Waals surface area contributed by atoms with Crippen molar-refractivity contribution in [3.05, 3.63) is 58.1 Å². The van der Waals surface area contributed by atoms with E-state index in [-0.39, 0.29) is 6.04 Å². The highest BCUT2D eigenvalue weighted by molar-refractivity contribution is 7.82. The van der Waals surface area contributed by atoms with E-state index in [1.54, 1.807) is 13.2 Å². The molecule has 0 saturated carbocycles. The molecule has 0 aromatic heterocycles. The fourth-order valence-corrected chi connectivity index (χ4v) is 4.58. The summed E-state index contributed by atoms with van der Waals surface area (Å²) in [5.74, 6) is 0.816. The second-order valence-corrected chi connectivity index (χ2v) is 8.72. The molecule has 0 radical (unpaired) electrons. The number of hydrazone groups is 1. The molecule has 4 rings (SSSR count). The van der Waals surface area contributed by atoms with Gasteiger partial charge in [0, 0.05) is 24.5 Å². The van der Waals surface area contributed by atoms with E-state index in [1.807, 2.05) is 29.3 Å². The molecule has 1 saturated heterocycles. The van der Waals surface area contributed by atoms with Gasteiger partial charge in [0.25, 0.3) is 0 Å². The third-order valence-corrected chi connectivity index (χ3v) is 6.31. The minimum atomic E-state index is -0.0225. The van der Waals surface area contributed by atoms with Crippen LogP contribution < -0.4 is 15.2 Å². The number of halogens is 2. The summed E-state index contributed by atoms with van der Waals surface area (Å²) < 4.78 is 5.31. The fourth-order valence-electron chi connectivity index (χ4n) is 3.84. The summed E-state index contributed by atoms with van der Waals surface area (Å²) >= 11 is 18.3. The topological polar surface area (TPSA) is 40.1 Å². The molecule has 2 aromatic carbocycles. The highest BCUT2D eigenvalue weighted by Gasteiger charge is 2.32. The fraction of sp³-hybridized carbons (Fsp3) is 0.364. The maximum Gasteiger partial charge on any atom is 0.137 e. The first-order chi connectivity index (χ1) is 14.5. The Bertz CT molecular complexity index is 945. The lowest BCUT2D eigenvalue weighted by molar-refractivity contribution is 0.197. The van der Waals surface area contributed by atoms with Crippen LogP contribution in [0.2, 0.25) is 10.0 Å². The minimum absolute atomic E-state index is 0.0225. The number of anilines is 1. The molecule has 0 bridgehead atoms. The van der Waals surface area contributed by atoms with Gasteiger partial charge in [-0.1, -0.05) is 54.0 Å². The van der Waals surface area contributed by atoms with Crippen LogP contribution in [-0.4, -0.2) is 35.9 Å². The minimum Gasteiger partial charge on any atom is -0.497 e. The van der Waals surface area contributed by atoms with Gasteiger partial charge in [0.2, 0.25) is 0 Å². The van der Waals surface area contributed by atoms with E-state index in [1.165, 1.54) is 19.3 Å². The smallest absolute Gasteiger partial charge is 0.137 e. The third kappa shape index (κ3) is 4.72. The Kier molecular flexibility index (Phi) is 6.78. The monoisotopic (exact) mass is 462 g/mol. The normalized spacial score (nSPS) is 19.5. The van der Waals surface area contributed by atoms with Crippen LogP contribution in [0.15, 0.2) is 47.6 Å². The standard InChI is InChI=1S/C22H24Cl2N4OS/c1-29-17-8-5-15(6-9-17)21-14-19(22(30)26-27-11-3-2-4-12-27)25-28(21)20-10-7-16(23)13-18(20)24/h5-10,13,21H,2-4,11-12,14H2,1H3,(H,26,30). The Labute approximate surface area is 192 Å². The van der Waals surface area contributed by atoms with Gasteiger partial charge in [-0.2, -0.15) is 5.10 Å². The summed E-state index contributed by atoms with van der Waals surface area (Å²) in [7, 11) is 1.66. The van der Waals surface area contributed by atoms with Crippen molar-refractivity contribution >= 4 is 51.8 Å². The average Bonchev–Trinajstić information content (AvgIpc) is 3.20. The Balaban J connectivity index is 1.62. The van der Waals surface area contributed by atoms with Gasteiger partial charge in [0.15, 0.2) is 0 Å². The SMILES string of the molecule is COc1ccc(C2CC(C(=S)NN3CCCCC3)=NN2c2ccc(Cl)cc2Cl)cc1. The number of benzene rings is 2. The predicted octanol–water partition coefficient (Wildman–Crippen LogP) is 5.63. The van der Waals surface area contributed by atoms with Crippen molar-refractivity contribution in [2.24, 2.45) is 5.10 Å². The number of nitrogens with one attached hydrogen (secondary N) is 1. The van der Waals surface area contributed by atoms with Crippen LogP contribution in [0.3, 0.4) is 0 Å². The number of piperidine rings is 1. The molecular weight excluding hydrogens is 439 g/mol. The van der Waals surface area contributed by atoms with Gasteiger partial charge < -0.3 is 10.2 Å². The zero-order chi connectivity index (χ0) is 21.1. The van der Waals surface area contributed by atoms with E-state index in [2.05, 4.69) is 22.6 Å². The van der Waals surface area contributed by atoms with Crippen molar-refractivity contribution in [3.8, 4) is 5.75 Å². The average molecular weight is 463 g/mol. The zero-order valence-electron chi connectivity index (χ0n) is 16.8. The maximum atomic E-state index is 6.52. The molecule has 2 aliphatic heterocycles. The molecule has 8 heteroatoms. The van der Waals surface area contributed by atoms with Crippen LogP contribution in [0, 0.1) is 0 Å². The largest absolute Gasteiger partial charge is 0.497 e. The van der Waals surface area contributed by atoms with Crippen LogP contribution >= 0.6 is 35.4 Å². The number of nitrogens with zero attached hydrogens (tertiary/aromatic N) is 3. The lowest BCUT2D eigenvalue weighted by Gasteiger charge is -2.27. The van der Waals surface area contributed by atoms with Gasteiger partial charge in [-0.15, -0.1) is 0 Å². The van der Waals surface area contributed by atoms with Crippen molar-refractivity contribution < 1.29 is 4.74 Å². The Hall–Kier alpha value is -1.86. The van der Waals surface area contributed by atoms with Crippen LogP contribution in [0.1, 0.15) is 37.3 Å². The van der Waals surface area contributed by atoms with E-state index < -0.39 is 0 Å². The summed E-state index contributed by atoms with van der Waals surface area (Å²) in [5, 5.41) is 10.2. The molecule has 158 valence electrons. The molecule has 2 heterocycles. The van der Waals surface area contributed by atoms with Crippen LogP contribution in [0.4, 0.5) is 5.69 Å². The second-order valence-electron chi connectivity index (χ2n) is 7.47. The third-order valence-electron chi connectivity index (χ3n) is 5.45. The molecule has 1 unspecified atom stereocenters. The predicted molar refractivity (Wildman–Crippen MR) is 128 cm³/mol. The number of ether oxygens (including phenoxy) is 1. The Morgan fingerprint density at radius 3 is 2.50 bits per heavy atom. The van der Waals surface area contributed by atoms with Crippen molar-refractivity contribution in [1.29, 1.82) is 0 Å². The van der Waals surface area contributed by atoms with Gasteiger partial charge in [-0.3, -0.25) is 5.01 Å². The Morgan fingerprint density at radius 2 is 1.83 bits per heavy atom. The van der Waals surface area contributed by atoms with Crippen molar-refractivity contribution in [1.82, 2.24) is 10.4 Å². The molecule has 1 fully saturated rings. The van der Waals surface area contributed by atoms with Crippen molar-refractivity contribution in [2.45, 2.75) is 31.7 Å². The molecule has 5 nitrogen and oxygen atoms in total. The zero-order valence-corrected chi connectivity index (χ0v) is 19.1. The van der Waals surface area contributed by atoms with Crippen molar-refractivity contribution in [2.75, 3.05) is 25.2 Å². The first-order valence-corrected chi connectivity index (χ1v) is 11.2. The van der Waals surface area contributed by atoms with Gasteiger partial charge in [-0.25, -0.2) is 5.01 Å². The molecule has 2 aliphatic rings. The summed E-state index contributed by atoms with van der Waals surface area (Å²) in [4.78, 5) is 0.669. The van der Waals surface area contributed by atoms with E-state index in [0.29, 0.717) is 21.5 Å². The lowest BCUT2D eigenvalue weighted by atomic mass is 10.0. The van der Waals surface area contributed by atoms with Gasteiger partial charge in [0.1, 0.15) is 10.7 Å². The van der Waals surface area contributed by atoms with Gasteiger partial charge >= 0.3 is 0 Å². The second kappa shape index (κ2) is 9.52. The van der Waals surface area contributed by atoms with E-state index in [9.17, 15) is 0 Å². The molecule has 1 atom stereocenters. The van der Waals surface area contributed by atoms with Gasteiger partial charge in [0.05, 0.1) is 29.6 Å². The molecule has 30 heavy (non-hydrogen) atoms. The summed E-state index contributed by atoms with van der Waals surface area (Å²) in [6.07, 6.45) is 4.32. The van der Waals surface area contributed by atoms with E-state index >= 15 is 0 Å². The first-order valence-electron chi connectivity index (χ1n) is 10.1. The number of hydrogen-bond donors (Lipinski definition) is 1. The molecule has 2 aromatic rings. The summed E-state index contributed by atoms with van der Waals surface area (Å²) in [6, 6.07) is 13.5. The first kappa shape index (κ1) is 21.4. The van der Waals surface area contributed by atoms with Crippen molar-refractivity contribution in [3.63, 3.8) is 0 Å². The van der Waals surface area contributed by atoms with E-state index in [0.717, 1.165) is 35.8 Å². The highest BCUT2D eigenvalue weighted by atomic mass is 35.5.